The van der Waals surface area contributed by atoms with E-state index in [1.807, 2.05) is 24.4 Å². The van der Waals surface area contributed by atoms with Crippen LogP contribution >= 0.6 is 0 Å². The molecular weight excluding hydrogens is 777 g/mol. The summed E-state index contributed by atoms with van der Waals surface area (Å²) in [5.41, 5.74) is 10.7. The number of pyridine rings is 2. The van der Waals surface area contributed by atoms with Gasteiger partial charge in [0, 0.05) is 32.5 Å². The number of benzene rings is 4. The van der Waals surface area contributed by atoms with Gasteiger partial charge in [0.15, 0.2) is 0 Å². The van der Waals surface area contributed by atoms with Crippen molar-refractivity contribution in [1.82, 2.24) is 9.97 Å². The van der Waals surface area contributed by atoms with Crippen molar-refractivity contribution in [2.24, 2.45) is 5.41 Å². The minimum absolute atomic E-state index is 0. The smallest absolute Gasteiger partial charge is 0.0795 e. The Hall–Kier alpha value is -3.95. The zero-order chi connectivity index (χ0) is 33.4. The molecule has 0 aliphatic carbocycles. The van der Waals surface area contributed by atoms with Crippen molar-refractivity contribution in [3.05, 3.63) is 163 Å². The monoisotopic (exact) mass is 823 g/mol. The van der Waals surface area contributed by atoms with Crippen LogP contribution in [0.5, 0.6) is 0 Å². The molecule has 0 aliphatic heterocycles. The predicted octanol–water partition coefficient (Wildman–Crippen LogP) is 11.0. The fourth-order valence-corrected chi connectivity index (χ4v) is 6.71. The summed E-state index contributed by atoms with van der Waals surface area (Å²) in [5.74, 6) is 0.317. The maximum atomic E-state index is 4.76. The zero-order valence-electron chi connectivity index (χ0n) is 29.2. The van der Waals surface area contributed by atoms with E-state index in [0.717, 1.165) is 28.9 Å². The van der Waals surface area contributed by atoms with E-state index in [4.69, 9.17) is 4.98 Å². The van der Waals surface area contributed by atoms with Crippen LogP contribution in [0.4, 0.5) is 0 Å². The van der Waals surface area contributed by atoms with E-state index in [0.29, 0.717) is 5.92 Å². The Labute approximate surface area is 303 Å². The van der Waals surface area contributed by atoms with E-state index < -0.39 is 8.07 Å². The van der Waals surface area contributed by atoms with E-state index in [1.54, 1.807) is 0 Å². The third kappa shape index (κ3) is 10.0. The third-order valence-electron chi connectivity index (χ3n) is 8.29. The molecular formula is C44H46IrN2Si-2. The van der Waals surface area contributed by atoms with E-state index in [-0.39, 0.29) is 25.5 Å². The molecule has 1 atom stereocenters. The molecule has 247 valence electrons. The van der Waals surface area contributed by atoms with Gasteiger partial charge >= 0.3 is 0 Å². The van der Waals surface area contributed by atoms with Gasteiger partial charge in [-0.1, -0.05) is 143 Å². The van der Waals surface area contributed by atoms with Crippen LogP contribution in [0.1, 0.15) is 50.3 Å². The fourth-order valence-electron chi connectivity index (χ4n) is 5.68. The van der Waals surface area contributed by atoms with Gasteiger partial charge < -0.3 is 9.97 Å². The van der Waals surface area contributed by atoms with Crippen LogP contribution < -0.4 is 5.19 Å². The average molecular weight is 823 g/mol. The van der Waals surface area contributed by atoms with Crippen molar-refractivity contribution in [2.45, 2.75) is 59.7 Å². The maximum Gasteiger partial charge on any atom is 0.0795 e. The van der Waals surface area contributed by atoms with Gasteiger partial charge in [-0.2, -0.15) is 0 Å². The molecule has 0 fully saturated rings. The van der Waals surface area contributed by atoms with Crippen molar-refractivity contribution in [1.29, 1.82) is 0 Å². The van der Waals surface area contributed by atoms with Gasteiger partial charge in [0.05, 0.1) is 8.07 Å². The Morgan fingerprint density at radius 2 is 1.42 bits per heavy atom. The summed E-state index contributed by atoms with van der Waals surface area (Å²) in [7, 11) is -1.32. The predicted molar refractivity (Wildman–Crippen MR) is 203 cm³/mol. The molecule has 2 aromatic heterocycles. The molecule has 1 unspecified atom stereocenters. The summed E-state index contributed by atoms with van der Waals surface area (Å²) < 4.78 is 0. The van der Waals surface area contributed by atoms with Crippen molar-refractivity contribution < 1.29 is 20.1 Å². The number of aromatic nitrogens is 2. The molecule has 48 heavy (non-hydrogen) atoms. The molecule has 0 bridgehead atoms. The van der Waals surface area contributed by atoms with Gasteiger partial charge in [-0.05, 0) is 46.0 Å². The molecule has 0 N–H and O–H groups in total. The second kappa shape index (κ2) is 16.4. The van der Waals surface area contributed by atoms with E-state index in [9.17, 15) is 0 Å². The Morgan fingerprint density at radius 3 is 2.02 bits per heavy atom. The quantitative estimate of drug-likeness (QED) is 0.118. The van der Waals surface area contributed by atoms with Gasteiger partial charge in [0.25, 0.3) is 0 Å². The molecule has 1 radical (unpaired) electrons. The first-order valence-corrected chi connectivity index (χ1v) is 20.0. The van der Waals surface area contributed by atoms with Crippen LogP contribution in [0.2, 0.25) is 19.6 Å². The van der Waals surface area contributed by atoms with E-state index in [1.165, 1.54) is 33.0 Å². The third-order valence-corrected chi connectivity index (χ3v) is 10.3. The Kier molecular flexibility index (Phi) is 12.6. The minimum Gasteiger partial charge on any atom is -0.305 e. The summed E-state index contributed by atoms with van der Waals surface area (Å²) >= 11 is 0. The van der Waals surface area contributed by atoms with E-state index in [2.05, 4.69) is 174 Å². The number of hydrogen-bond donors (Lipinski definition) is 0. The summed E-state index contributed by atoms with van der Waals surface area (Å²) in [5, 5.41) is 1.39. The second-order valence-electron chi connectivity index (χ2n) is 14.5. The molecule has 6 aromatic rings. The summed E-state index contributed by atoms with van der Waals surface area (Å²) in [6.45, 7) is 16.1. The van der Waals surface area contributed by atoms with Crippen LogP contribution in [0, 0.1) is 17.5 Å². The average Bonchev–Trinajstić information content (AvgIpc) is 3.08. The normalized spacial score (nSPS) is 11.9. The second-order valence-corrected chi connectivity index (χ2v) is 19.5. The first-order valence-electron chi connectivity index (χ1n) is 16.5. The summed E-state index contributed by atoms with van der Waals surface area (Å²) in [6.07, 6.45) is 5.00. The Morgan fingerprint density at radius 1 is 0.708 bits per heavy atom. The topological polar surface area (TPSA) is 25.8 Å². The molecule has 2 nitrogen and oxygen atoms in total. The molecule has 0 saturated heterocycles. The number of nitrogens with zero attached hydrogens (tertiary/aromatic N) is 2. The van der Waals surface area contributed by atoms with Crippen molar-refractivity contribution in [3.63, 3.8) is 0 Å². The van der Waals surface area contributed by atoms with Gasteiger partial charge in [-0.15, -0.1) is 65.2 Å². The largest absolute Gasteiger partial charge is 0.305 e. The molecule has 0 aliphatic rings. The first-order chi connectivity index (χ1) is 22.5. The van der Waals surface area contributed by atoms with Crippen LogP contribution in [-0.2, 0) is 26.5 Å². The molecule has 4 aromatic carbocycles. The molecule has 2 heterocycles. The van der Waals surface area contributed by atoms with Gasteiger partial charge in [0.2, 0.25) is 0 Å². The Balaban J connectivity index is 0.000000212. The SMILES string of the molecule is CC(C)(C)Cc1ccnc(-c2[c-]cc(-c3ccccc3)cc2)c1.CC(c1ccccc1)c1ccc[c-]c1-c1ccc([Si](C)(C)C)cn1.[Ir]. The van der Waals surface area contributed by atoms with Gasteiger partial charge in [-0.25, -0.2) is 0 Å². The molecule has 4 heteroatoms. The van der Waals surface area contributed by atoms with E-state index >= 15 is 0 Å². The van der Waals surface area contributed by atoms with Crippen molar-refractivity contribution in [2.75, 3.05) is 0 Å². The van der Waals surface area contributed by atoms with Crippen LogP contribution in [0.15, 0.2) is 134 Å². The molecule has 0 spiro atoms. The fraction of sp³-hybridized carbons (Fsp3) is 0.227. The summed E-state index contributed by atoms with van der Waals surface area (Å²) in [6, 6.07) is 49.0. The summed E-state index contributed by atoms with van der Waals surface area (Å²) in [4.78, 5) is 9.27. The van der Waals surface area contributed by atoms with Crippen LogP contribution in [0.3, 0.4) is 0 Å². The number of rotatable bonds is 7. The minimum atomic E-state index is -1.32. The number of hydrogen-bond acceptors (Lipinski definition) is 2. The standard InChI is InChI=1S/C22H24NSi.C22H22N.Ir/c1-17(18-10-6-5-7-11-18)20-12-8-9-13-21(20)22-15-14-19(16-23-22)24(2,3)4;1-22(2,3)16-17-13-14-23-21(15-17)20-11-9-19(10-12-20)18-7-5-4-6-8-18;/h5-12,14-17H,1-4H3;4-11,13-15H,16H2,1-3H3;/q2*-1;. The van der Waals surface area contributed by atoms with Gasteiger partial charge in [-0.3, -0.25) is 0 Å². The molecule has 0 amide bonds. The first kappa shape index (κ1) is 36.9. The van der Waals surface area contributed by atoms with Gasteiger partial charge in [0.1, 0.15) is 0 Å². The van der Waals surface area contributed by atoms with Crippen LogP contribution in [0.25, 0.3) is 33.6 Å². The van der Waals surface area contributed by atoms with Crippen molar-refractivity contribution >= 4 is 13.3 Å². The maximum absolute atomic E-state index is 4.76. The Bertz CT molecular complexity index is 1860. The van der Waals surface area contributed by atoms with Crippen molar-refractivity contribution in [3.8, 4) is 33.6 Å². The molecule has 0 saturated carbocycles. The molecule has 6 rings (SSSR count). The zero-order valence-corrected chi connectivity index (χ0v) is 32.6. The van der Waals surface area contributed by atoms with Crippen LogP contribution in [-0.4, -0.2) is 18.0 Å².